The van der Waals surface area contributed by atoms with Crippen LogP contribution in [0.15, 0.2) is 22.8 Å². The Bertz CT molecular complexity index is 499. The van der Waals surface area contributed by atoms with Gasteiger partial charge in [0.2, 0.25) is 0 Å². The largest absolute Gasteiger partial charge is 0.389 e. The van der Waals surface area contributed by atoms with Crippen molar-refractivity contribution in [3.05, 3.63) is 22.8 Å². The van der Waals surface area contributed by atoms with Gasteiger partial charge < -0.3 is 4.74 Å². The van der Waals surface area contributed by atoms with Crippen LogP contribution in [0.1, 0.15) is 70.6 Å². The predicted molar refractivity (Wildman–Crippen MR) is 80.5 cm³/mol. The molecule has 0 saturated carbocycles. The van der Waals surface area contributed by atoms with Crippen LogP contribution in [-0.2, 0) is 14.3 Å². The number of carbonyl (C=O) groups excluding carboxylic acids is 2. The predicted octanol–water partition coefficient (Wildman–Crippen LogP) is 4.23. The van der Waals surface area contributed by atoms with Gasteiger partial charge in [0.05, 0.1) is 11.5 Å². The maximum absolute atomic E-state index is 12.2. The molecule has 1 heterocycles. The second-order valence-electron chi connectivity index (χ2n) is 6.43. The van der Waals surface area contributed by atoms with Crippen molar-refractivity contribution in [3.63, 3.8) is 0 Å². The second-order valence-corrected chi connectivity index (χ2v) is 6.43. The van der Waals surface area contributed by atoms with E-state index >= 15 is 0 Å². The lowest BCUT2D eigenvalue weighted by Gasteiger charge is -2.20. The highest BCUT2D eigenvalue weighted by atomic mass is 16.6. The van der Waals surface area contributed by atoms with Crippen LogP contribution >= 0.6 is 0 Å². The number of esters is 2. The van der Waals surface area contributed by atoms with Crippen molar-refractivity contribution in [1.29, 1.82) is 0 Å². The zero-order valence-electron chi connectivity index (χ0n) is 12.7. The van der Waals surface area contributed by atoms with Gasteiger partial charge in [0, 0.05) is 0 Å². The first kappa shape index (κ1) is 14.6. The zero-order chi connectivity index (χ0) is 14.7. The van der Waals surface area contributed by atoms with Crippen LogP contribution in [0.3, 0.4) is 0 Å². The molecule has 1 unspecified atom stereocenters. The molecule has 0 aromatic heterocycles. The van der Waals surface area contributed by atoms with Crippen LogP contribution in [0.2, 0.25) is 0 Å². The number of hydrogen-bond donors (Lipinski definition) is 0. The molecule has 3 nitrogen and oxygen atoms in total. The molecule has 21 heavy (non-hydrogen) atoms. The van der Waals surface area contributed by atoms with E-state index in [1.165, 1.54) is 31.3 Å². The first-order chi connectivity index (χ1) is 10.3. The van der Waals surface area contributed by atoms with Crippen molar-refractivity contribution < 1.29 is 14.3 Å². The average molecular weight is 288 g/mol. The number of ether oxygens (including phenoxy) is 1. The molecule has 0 bridgehead atoms. The van der Waals surface area contributed by atoms with E-state index in [-0.39, 0.29) is 17.9 Å². The molecule has 3 rings (SSSR count). The number of carbonyl (C=O) groups is 2. The van der Waals surface area contributed by atoms with E-state index in [1.54, 1.807) is 0 Å². The maximum Gasteiger partial charge on any atom is 0.342 e. The summed E-state index contributed by atoms with van der Waals surface area (Å²) >= 11 is 0. The van der Waals surface area contributed by atoms with Gasteiger partial charge in [-0.1, -0.05) is 31.8 Å². The molecule has 1 atom stereocenters. The fraction of sp³-hybridized carbons (Fsp3) is 0.667. The normalized spacial score (nSPS) is 33.9. The minimum absolute atomic E-state index is 0.292. The van der Waals surface area contributed by atoms with Gasteiger partial charge in [0.25, 0.3) is 0 Å². The number of fused-ring (bicyclic) bond motifs is 1. The lowest BCUT2D eigenvalue weighted by Crippen LogP contribution is -2.14. The summed E-state index contributed by atoms with van der Waals surface area (Å²) in [6.45, 7) is 0. The highest BCUT2D eigenvalue weighted by Gasteiger charge is 2.41. The molecule has 3 heteroatoms. The highest BCUT2D eigenvalue weighted by Crippen LogP contribution is 2.38. The molecule has 0 aromatic rings. The van der Waals surface area contributed by atoms with Gasteiger partial charge in [-0.3, -0.25) is 4.79 Å². The molecule has 3 aliphatic rings. The fourth-order valence-corrected chi connectivity index (χ4v) is 3.83. The minimum Gasteiger partial charge on any atom is -0.389 e. The maximum atomic E-state index is 12.2. The standard InChI is InChI=1S/C18H24O3/c19-17-15-12-8-4-7-11-14(16(15)18(20)21-17)13-9-5-2-1-3-6-10-13/h9,15H,1-8,10-12H2/b13-9+,16-14-. The van der Waals surface area contributed by atoms with Crippen molar-refractivity contribution in [3.8, 4) is 0 Å². The lowest BCUT2D eigenvalue weighted by molar-refractivity contribution is -0.152. The third kappa shape index (κ3) is 3.12. The smallest absolute Gasteiger partial charge is 0.342 e. The van der Waals surface area contributed by atoms with Crippen LogP contribution < -0.4 is 0 Å². The Kier molecular flexibility index (Phi) is 4.57. The number of allylic oxidation sites excluding steroid dienone is 3. The summed E-state index contributed by atoms with van der Waals surface area (Å²) < 4.78 is 4.93. The summed E-state index contributed by atoms with van der Waals surface area (Å²) in [6.07, 6.45) is 14.4. The Balaban J connectivity index is 1.99. The van der Waals surface area contributed by atoms with E-state index in [2.05, 4.69) is 6.08 Å². The number of hydrogen-bond acceptors (Lipinski definition) is 3. The Morgan fingerprint density at radius 1 is 0.905 bits per heavy atom. The fourth-order valence-electron chi connectivity index (χ4n) is 3.83. The van der Waals surface area contributed by atoms with E-state index in [9.17, 15) is 9.59 Å². The Morgan fingerprint density at radius 2 is 1.67 bits per heavy atom. The van der Waals surface area contributed by atoms with Gasteiger partial charge in [-0.15, -0.1) is 0 Å². The number of rotatable bonds is 1. The van der Waals surface area contributed by atoms with E-state index in [0.29, 0.717) is 5.57 Å². The third-order valence-corrected chi connectivity index (χ3v) is 4.97. The van der Waals surface area contributed by atoms with Crippen LogP contribution in [-0.4, -0.2) is 11.9 Å². The first-order valence-electron chi connectivity index (χ1n) is 8.46. The SMILES string of the molecule is O=C1OC(=O)C2CCCCCC(/C3=C/CCCCCC3)=C/12. The molecule has 0 N–H and O–H groups in total. The van der Waals surface area contributed by atoms with Crippen molar-refractivity contribution in [2.75, 3.05) is 0 Å². The average Bonchev–Trinajstić information content (AvgIpc) is 2.65. The summed E-state index contributed by atoms with van der Waals surface area (Å²) in [7, 11) is 0. The summed E-state index contributed by atoms with van der Waals surface area (Å²) in [4.78, 5) is 24.1. The van der Waals surface area contributed by atoms with E-state index in [4.69, 9.17) is 4.74 Å². The zero-order valence-corrected chi connectivity index (χ0v) is 12.7. The number of cyclic esters (lactones) is 2. The molecule has 0 aromatic carbocycles. The van der Waals surface area contributed by atoms with E-state index in [0.717, 1.165) is 50.5 Å². The first-order valence-corrected chi connectivity index (χ1v) is 8.46. The van der Waals surface area contributed by atoms with E-state index < -0.39 is 0 Å². The molecule has 1 fully saturated rings. The molecule has 2 aliphatic carbocycles. The van der Waals surface area contributed by atoms with Gasteiger partial charge in [0.15, 0.2) is 0 Å². The molecular weight excluding hydrogens is 264 g/mol. The molecule has 0 spiro atoms. The van der Waals surface area contributed by atoms with Crippen molar-refractivity contribution >= 4 is 11.9 Å². The Hall–Kier alpha value is -1.38. The summed E-state index contributed by atoms with van der Waals surface area (Å²) in [6, 6.07) is 0. The van der Waals surface area contributed by atoms with Gasteiger partial charge in [-0.05, 0) is 56.1 Å². The third-order valence-electron chi connectivity index (χ3n) is 4.97. The molecule has 0 radical (unpaired) electrons. The highest BCUT2D eigenvalue weighted by molar-refractivity contribution is 6.08. The molecular formula is C18H24O3. The summed E-state index contributed by atoms with van der Waals surface area (Å²) in [5.41, 5.74) is 3.17. The molecule has 0 amide bonds. The van der Waals surface area contributed by atoms with Crippen molar-refractivity contribution in [2.45, 2.75) is 70.6 Å². The van der Waals surface area contributed by atoms with Crippen molar-refractivity contribution in [1.82, 2.24) is 0 Å². The quantitative estimate of drug-likeness (QED) is 0.536. The molecule has 114 valence electrons. The lowest BCUT2D eigenvalue weighted by atomic mass is 9.81. The van der Waals surface area contributed by atoms with E-state index in [1.807, 2.05) is 0 Å². The van der Waals surface area contributed by atoms with Crippen LogP contribution in [0.5, 0.6) is 0 Å². The Labute approximate surface area is 126 Å². The summed E-state index contributed by atoms with van der Waals surface area (Å²) in [5.74, 6) is -0.982. The second kappa shape index (κ2) is 6.59. The van der Waals surface area contributed by atoms with Gasteiger partial charge in [-0.2, -0.15) is 0 Å². The van der Waals surface area contributed by atoms with Crippen LogP contribution in [0.4, 0.5) is 0 Å². The van der Waals surface area contributed by atoms with Gasteiger partial charge in [-0.25, -0.2) is 4.79 Å². The summed E-state index contributed by atoms with van der Waals surface area (Å²) in [5, 5.41) is 0. The van der Waals surface area contributed by atoms with Crippen LogP contribution in [0, 0.1) is 5.92 Å². The van der Waals surface area contributed by atoms with Crippen molar-refractivity contribution in [2.24, 2.45) is 5.92 Å². The van der Waals surface area contributed by atoms with Crippen LogP contribution in [0.25, 0.3) is 0 Å². The van der Waals surface area contributed by atoms with Gasteiger partial charge in [0.1, 0.15) is 0 Å². The molecule has 1 aliphatic heterocycles. The Morgan fingerprint density at radius 3 is 2.57 bits per heavy atom. The monoisotopic (exact) mass is 288 g/mol. The topological polar surface area (TPSA) is 43.4 Å². The minimum atomic E-state index is -0.371. The molecule has 1 saturated heterocycles. The van der Waals surface area contributed by atoms with Gasteiger partial charge >= 0.3 is 11.9 Å².